The van der Waals surface area contributed by atoms with E-state index in [0.29, 0.717) is 11.4 Å². The molecular formula is C14H14N2O3. The Bertz CT molecular complexity index is 617. The fourth-order valence-corrected chi connectivity index (χ4v) is 1.82. The molecule has 1 aromatic heterocycles. The Balaban J connectivity index is 2.16. The minimum absolute atomic E-state index is 0.233. The molecule has 19 heavy (non-hydrogen) atoms. The first-order chi connectivity index (χ1) is 9.06. The van der Waals surface area contributed by atoms with Crippen LogP contribution < -0.4 is 5.32 Å². The number of rotatable bonds is 4. The molecule has 1 aromatic carbocycles. The third kappa shape index (κ3) is 3.22. The summed E-state index contributed by atoms with van der Waals surface area (Å²) in [6.45, 7) is 1.70. The number of carbonyl (C=O) groups is 2. The SMILES string of the molecule is Cc1cccc(NC(=O)c2cccn2CC(=O)O)c1. The van der Waals surface area contributed by atoms with Crippen LogP contribution in [0.1, 0.15) is 16.1 Å². The Morgan fingerprint density at radius 1 is 1.26 bits per heavy atom. The largest absolute Gasteiger partial charge is 0.480 e. The van der Waals surface area contributed by atoms with Crippen molar-refractivity contribution < 1.29 is 14.7 Å². The van der Waals surface area contributed by atoms with Gasteiger partial charge in [0.25, 0.3) is 5.91 Å². The van der Waals surface area contributed by atoms with Crippen LogP contribution in [0.3, 0.4) is 0 Å². The lowest BCUT2D eigenvalue weighted by Crippen LogP contribution is -2.19. The number of hydrogen-bond acceptors (Lipinski definition) is 2. The number of aromatic nitrogens is 1. The summed E-state index contributed by atoms with van der Waals surface area (Å²) in [4.78, 5) is 22.8. The van der Waals surface area contributed by atoms with Crippen molar-refractivity contribution in [2.45, 2.75) is 13.5 Å². The Morgan fingerprint density at radius 2 is 2.05 bits per heavy atom. The van der Waals surface area contributed by atoms with Gasteiger partial charge < -0.3 is 15.0 Å². The van der Waals surface area contributed by atoms with Crippen molar-refractivity contribution in [2.75, 3.05) is 5.32 Å². The summed E-state index contributed by atoms with van der Waals surface area (Å²) in [5, 5.41) is 11.5. The molecule has 2 aromatic rings. The number of carboxylic acid groups (broad SMARTS) is 1. The van der Waals surface area contributed by atoms with Crippen LogP contribution in [0, 0.1) is 6.92 Å². The summed E-state index contributed by atoms with van der Waals surface area (Å²) in [7, 11) is 0. The molecule has 0 radical (unpaired) electrons. The molecule has 0 fully saturated rings. The van der Waals surface area contributed by atoms with E-state index in [9.17, 15) is 9.59 Å². The van der Waals surface area contributed by atoms with Crippen LogP contribution in [0.25, 0.3) is 0 Å². The minimum Gasteiger partial charge on any atom is -0.480 e. The molecule has 98 valence electrons. The molecule has 0 spiro atoms. The molecule has 5 nitrogen and oxygen atoms in total. The van der Waals surface area contributed by atoms with Crippen molar-refractivity contribution in [3.8, 4) is 0 Å². The molecule has 0 bridgehead atoms. The van der Waals surface area contributed by atoms with E-state index in [4.69, 9.17) is 5.11 Å². The van der Waals surface area contributed by atoms with Gasteiger partial charge in [-0.3, -0.25) is 9.59 Å². The molecule has 5 heteroatoms. The van der Waals surface area contributed by atoms with E-state index in [2.05, 4.69) is 5.32 Å². The summed E-state index contributed by atoms with van der Waals surface area (Å²) in [5.74, 6) is -1.31. The van der Waals surface area contributed by atoms with Crippen LogP contribution in [-0.2, 0) is 11.3 Å². The molecule has 1 amide bonds. The number of hydrogen-bond donors (Lipinski definition) is 2. The van der Waals surface area contributed by atoms with Crippen molar-refractivity contribution in [1.82, 2.24) is 4.57 Å². The molecule has 0 saturated heterocycles. The van der Waals surface area contributed by atoms with Crippen LogP contribution in [0.4, 0.5) is 5.69 Å². The highest BCUT2D eigenvalue weighted by Gasteiger charge is 2.12. The summed E-state index contributed by atoms with van der Waals surface area (Å²) in [5.41, 5.74) is 2.05. The normalized spacial score (nSPS) is 10.2. The third-order valence-electron chi connectivity index (χ3n) is 2.64. The van der Waals surface area contributed by atoms with Crippen molar-refractivity contribution in [3.05, 3.63) is 53.9 Å². The van der Waals surface area contributed by atoms with Gasteiger partial charge in [0.05, 0.1) is 0 Å². The quantitative estimate of drug-likeness (QED) is 0.882. The van der Waals surface area contributed by atoms with Crippen LogP contribution >= 0.6 is 0 Å². The standard InChI is InChI=1S/C14H14N2O3/c1-10-4-2-5-11(8-10)15-14(19)12-6-3-7-16(12)9-13(17)18/h2-8H,9H2,1H3,(H,15,19)(H,17,18). The number of amides is 1. The molecule has 2 rings (SSSR count). The number of aryl methyl sites for hydroxylation is 1. The number of anilines is 1. The van der Waals surface area contributed by atoms with Crippen LogP contribution in [0.15, 0.2) is 42.6 Å². The topological polar surface area (TPSA) is 71.3 Å². The van der Waals surface area contributed by atoms with Gasteiger partial charge in [0, 0.05) is 11.9 Å². The molecule has 0 aliphatic carbocycles. The molecule has 0 saturated carbocycles. The number of carbonyl (C=O) groups excluding carboxylic acids is 1. The van der Waals surface area contributed by atoms with Crippen molar-refractivity contribution in [2.24, 2.45) is 0 Å². The number of nitrogens with one attached hydrogen (secondary N) is 1. The maximum Gasteiger partial charge on any atom is 0.323 e. The summed E-state index contributed by atoms with van der Waals surface area (Å²) in [6, 6.07) is 10.7. The van der Waals surface area contributed by atoms with Gasteiger partial charge in [-0.25, -0.2) is 0 Å². The second kappa shape index (κ2) is 5.39. The summed E-state index contributed by atoms with van der Waals surface area (Å²) >= 11 is 0. The zero-order valence-electron chi connectivity index (χ0n) is 10.5. The summed E-state index contributed by atoms with van der Waals surface area (Å²) < 4.78 is 1.40. The lowest BCUT2D eigenvalue weighted by atomic mass is 10.2. The Labute approximate surface area is 110 Å². The van der Waals surface area contributed by atoms with Crippen LogP contribution in [-0.4, -0.2) is 21.6 Å². The van der Waals surface area contributed by atoms with Gasteiger partial charge in [0.2, 0.25) is 0 Å². The molecule has 0 aliphatic rings. The van der Waals surface area contributed by atoms with Gasteiger partial charge in [0.1, 0.15) is 12.2 Å². The number of nitrogens with zero attached hydrogens (tertiary/aromatic N) is 1. The van der Waals surface area contributed by atoms with E-state index in [0.717, 1.165) is 5.56 Å². The molecule has 1 heterocycles. The van der Waals surface area contributed by atoms with Crippen molar-refractivity contribution in [1.29, 1.82) is 0 Å². The second-order valence-electron chi connectivity index (χ2n) is 4.24. The van der Waals surface area contributed by atoms with E-state index in [1.807, 2.05) is 25.1 Å². The van der Waals surface area contributed by atoms with E-state index in [1.165, 1.54) is 4.57 Å². The molecule has 0 unspecified atom stereocenters. The summed E-state index contributed by atoms with van der Waals surface area (Å²) in [6.07, 6.45) is 1.57. The second-order valence-corrected chi connectivity index (χ2v) is 4.24. The highest BCUT2D eigenvalue weighted by Crippen LogP contribution is 2.12. The lowest BCUT2D eigenvalue weighted by molar-refractivity contribution is -0.137. The van der Waals surface area contributed by atoms with Gasteiger partial charge in [-0.15, -0.1) is 0 Å². The number of aliphatic carboxylic acids is 1. The van der Waals surface area contributed by atoms with Crippen LogP contribution in [0.2, 0.25) is 0 Å². The first-order valence-electron chi connectivity index (χ1n) is 5.81. The molecule has 2 N–H and O–H groups in total. The fourth-order valence-electron chi connectivity index (χ4n) is 1.82. The molecular weight excluding hydrogens is 244 g/mol. The van der Waals surface area contributed by atoms with Gasteiger partial charge >= 0.3 is 5.97 Å². The Hall–Kier alpha value is -2.56. The lowest BCUT2D eigenvalue weighted by Gasteiger charge is -2.08. The Morgan fingerprint density at radius 3 is 2.74 bits per heavy atom. The van der Waals surface area contributed by atoms with Gasteiger partial charge in [-0.2, -0.15) is 0 Å². The first-order valence-corrected chi connectivity index (χ1v) is 5.81. The maximum absolute atomic E-state index is 12.1. The average Bonchev–Trinajstić information content (AvgIpc) is 2.76. The smallest absolute Gasteiger partial charge is 0.323 e. The maximum atomic E-state index is 12.1. The highest BCUT2D eigenvalue weighted by molar-refractivity contribution is 6.03. The Kier molecular flexibility index (Phi) is 3.66. The third-order valence-corrected chi connectivity index (χ3v) is 2.64. The van der Waals surface area contributed by atoms with E-state index < -0.39 is 5.97 Å². The highest BCUT2D eigenvalue weighted by atomic mass is 16.4. The van der Waals surface area contributed by atoms with Crippen molar-refractivity contribution in [3.63, 3.8) is 0 Å². The molecule has 0 aliphatic heterocycles. The number of carboxylic acids is 1. The van der Waals surface area contributed by atoms with Gasteiger partial charge in [-0.1, -0.05) is 12.1 Å². The molecule has 0 atom stereocenters. The van der Waals surface area contributed by atoms with E-state index in [-0.39, 0.29) is 12.5 Å². The average molecular weight is 258 g/mol. The van der Waals surface area contributed by atoms with Crippen LogP contribution in [0.5, 0.6) is 0 Å². The minimum atomic E-state index is -0.985. The van der Waals surface area contributed by atoms with E-state index in [1.54, 1.807) is 24.4 Å². The fraction of sp³-hybridized carbons (Fsp3) is 0.143. The predicted octanol–water partition coefficient (Wildman–Crippen LogP) is 2.13. The van der Waals surface area contributed by atoms with Gasteiger partial charge in [0.15, 0.2) is 0 Å². The number of benzene rings is 1. The zero-order valence-corrected chi connectivity index (χ0v) is 10.5. The van der Waals surface area contributed by atoms with Crippen molar-refractivity contribution >= 4 is 17.6 Å². The monoisotopic (exact) mass is 258 g/mol. The predicted molar refractivity (Wildman–Crippen MR) is 71.2 cm³/mol. The van der Waals surface area contributed by atoms with Gasteiger partial charge in [-0.05, 0) is 36.8 Å². The first kappa shape index (κ1) is 12.9. The van der Waals surface area contributed by atoms with E-state index >= 15 is 0 Å². The zero-order chi connectivity index (χ0) is 13.8.